The van der Waals surface area contributed by atoms with Gasteiger partial charge in [0.05, 0.1) is 19.1 Å². The SMILES string of the molecule is COc1ccc(/C=N\NC(=O)CSc2nnc(-c3ccc(Br)cc3)n2-c2ccccc2)cc1. The Kier molecular flexibility index (Phi) is 7.54. The maximum atomic E-state index is 12.3. The third-order valence-corrected chi connectivity index (χ3v) is 6.06. The van der Waals surface area contributed by atoms with E-state index in [-0.39, 0.29) is 11.7 Å². The van der Waals surface area contributed by atoms with E-state index < -0.39 is 0 Å². The molecular formula is C24H20BrN5O2S. The van der Waals surface area contributed by atoms with Crippen molar-refractivity contribution in [2.24, 2.45) is 5.10 Å². The Morgan fingerprint density at radius 1 is 1.06 bits per heavy atom. The normalized spacial score (nSPS) is 11.0. The van der Waals surface area contributed by atoms with Gasteiger partial charge in [-0.1, -0.05) is 58.0 Å². The molecule has 0 saturated carbocycles. The number of rotatable bonds is 8. The molecule has 1 heterocycles. The maximum Gasteiger partial charge on any atom is 0.250 e. The predicted octanol–water partition coefficient (Wildman–Crippen LogP) is 4.95. The summed E-state index contributed by atoms with van der Waals surface area (Å²) in [6.07, 6.45) is 1.58. The van der Waals surface area contributed by atoms with Gasteiger partial charge in [-0.3, -0.25) is 9.36 Å². The lowest BCUT2D eigenvalue weighted by molar-refractivity contribution is -0.118. The molecule has 0 bridgehead atoms. The topological polar surface area (TPSA) is 81.4 Å². The maximum absolute atomic E-state index is 12.3. The minimum absolute atomic E-state index is 0.144. The molecule has 0 aliphatic rings. The average Bonchev–Trinajstić information content (AvgIpc) is 3.28. The second-order valence-corrected chi connectivity index (χ2v) is 8.70. The first kappa shape index (κ1) is 22.8. The number of hydrogen-bond donors (Lipinski definition) is 1. The summed E-state index contributed by atoms with van der Waals surface area (Å²) >= 11 is 4.76. The smallest absolute Gasteiger partial charge is 0.250 e. The van der Waals surface area contributed by atoms with Crippen LogP contribution in [0.2, 0.25) is 0 Å². The van der Waals surface area contributed by atoms with Crippen molar-refractivity contribution in [1.82, 2.24) is 20.2 Å². The molecule has 9 heteroatoms. The van der Waals surface area contributed by atoms with E-state index in [1.54, 1.807) is 13.3 Å². The zero-order chi connectivity index (χ0) is 23.0. The summed E-state index contributed by atoms with van der Waals surface area (Å²) < 4.78 is 8.06. The van der Waals surface area contributed by atoms with Gasteiger partial charge in [0.2, 0.25) is 0 Å². The van der Waals surface area contributed by atoms with E-state index in [4.69, 9.17) is 4.74 Å². The molecular weight excluding hydrogens is 502 g/mol. The predicted molar refractivity (Wildman–Crippen MR) is 134 cm³/mol. The number of ether oxygens (including phenoxy) is 1. The highest BCUT2D eigenvalue weighted by Gasteiger charge is 2.17. The summed E-state index contributed by atoms with van der Waals surface area (Å²) in [5.74, 6) is 1.37. The number of hydrazone groups is 1. The highest BCUT2D eigenvalue weighted by molar-refractivity contribution is 9.10. The van der Waals surface area contributed by atoms with E-state index >= 15 is 0 Å². The van der Waals surface area contributed by atoms with Gasteiger partial charge in [-0.25, -0.2) is 5.43 Å². The number of amides is 1. The van der Waals surface area contributed by atoms with E-state index in [0.29, 0.717) is 11.0 Å². The van der Waals surface area contributed by atoms with Crippen LogP contribution in [0, 0.1) is 0 Å². The van der Waals surface area contributed by atoms with E-state index in [9.17, 15) is 4.79 Å². The number of benzene rings is 3. The van der Waals surface area contributed by atoms with Crippen molar-refractivity contribution in [3.05, 3.63) is 88.9 Å². The summed E-state index contributed by atoms with van der Waals surface area (Å²) in [6, 6.07) is 25.1. The lowest BCUT2D eigenvalue weighted by Gasteiger charge is -2.10. The van der Waals surface area contributed by atoms with E-state index in [1.807, 2.05) is 83.4 Å². The van der Waals surface area contributed by atoms with Crippen LogP contribution in [0.5, 0.6) is 5.75 Å². The van der Waals surface area contributed by atoms with E-state index in [2.05, 4.69) is 36.7 Å². The quantitative estimate of drug-likeness (QED) is 0.201. The third kappa shape index (κ3) is 5.88. The van der Waals surface area contributed by atoms with Crippen LogP contribution in [-0.4, -0.2) is 39.7 Å². The van der Waals surface area contributed by atoms with Crippen LogP contribution in [0.25, 0.3) is 17.1 Å². The first-order valence-electron chi connectivity index (χ1n) is 9.99. The molecule has 0 unspecified atom stereocenters. The Labute approximate surface area is 204 Å². The van der Waals surface area contributed by atoms with Gasteiger partial charge in [0.1, 0.15) is 5.75 Å². The first-order valence-corrected chi connectivity index (χ1v) is 11.8. The second-order valence-electron chi connectivity index (χ2n) is 6.84. The zero-order valence-corrected chi connectivity index (χ0v) is 20.1. The molecule has 0 fully saturated rings. The largest absolute Gasteiger partial charge is 0.497 e. The minimum atomic E-state index is -0.238. The molecule has 166 valence electrons. The van der Waals surface area contributed by atoms with Crippen LogP contribution in [0.1, 0.15) is 5.56 Å². The molecule has 0 aliphatic heterocycles. The van der Waals surface area contributed by atoms with Crippen LogP contribution < -0.4 is 10.2 Å². The molecule has 1 amide bonds. The number of aromatic nitrogens is 3. The van der Waals surface area contributed by atoms with Gasteiger partial charge in [-0.05, 0) is 54.1 Å². The van der Waals surface area contributed by atoms with Crippen LogP contribution in [-0.2, 0) is 4.79 Å². The Bertz CT molecular complexity index is 1240. The van der Waals surface area contributed by atoms with Crippen LogP contribution in [0.3, 0.4) is 0 Å². The van der Waals surface area contributed by atoms with Crippen molar-refractivity contribution in [2.75, 3.05) is 12.9 Å². The van der Waals surface area contributed by atoms with E-state index in [1.165, 1.54) is 11.8 Å². The van der Waals surface area contributed by atoms with Gasteiger partial charge in [0.15, 0.2) is 11.0 Å². The molecule has 0 atom stereocenters. The molecule has 0 aliphatic carbocycles. The van der Waals surface area contributed by atoms with Gasteiger partial charge in [0, 0.05) is 15.7 Å². The Hall–Kier alpha value is -3.43. The van der Waals surface area contributed by atoms with Gasteiger partial charge < -0.3 is 4.74 Å². The number of para-hydroxylation sites is 1. The second kappa shape index (κ2) is 10.9. The fourth-order valence-corrected chi connectivity index (χ4v) is 4.00. The highest BCUT2D eigenvalue weighted by atomic mass is 79.9. The number of methoxy groups -OCH3 is 1. The first-order chi connectivity index (χ1) is 16.1. The highest BCUT2D eigenvalue weighted by Crippen LogP contribution is 2.28. The summed E-state index contributed by atoms with van der Waals surface area (Å²) in [5.41, 5.74) is 5.25. The number of halogens is 1. The summed E-state index contributed by atoms with van der Waals surface area (Å²) in [4.78, 5) is 12.3. The summed E-state index contributed by atoms with van der Waals surface area (Å²) in [7, 11) is 1.61. The number of nitrogens with one attached hydrogen (secondary N) is 1. The summed E-state index contributed by atoms with van der Waals surface area (Å²) in [5, 5.41) is 13.4. The molecule has 33 heavy (non-hydrogen) atoms. The molecule has 4 rings (SSSR count). The lowest BCUT2D eigenvalue weighted by atomic mass is 10.2. The van der Waals surface area contributed by atoms with Crippen LogP contribution in [0.4, 0.5) is 0 Å². The van der Waals surface area contributed by atoms with Crippen molar-refractivity contribution in [3.63, 3.8) is 0 Å². The van der Waals surface area contributed by atoms with Crippen LogP contribution >= 0.6 is 27.7 Å². The third-order valence-electron chi connectivity index (χ3n) is 4.60. The molecule has 0 spiro atoms. The fraction of sp³-hybridized carbons (Fsp3) is 0.0833. The van der Waals surface area contributed by atoms with Gasteiger partial charge in [0.25, 0.3) is 5.91 Å². The van der Waals surface area contributed by atoms with Crippen molar-refractivity contribution in [3.8, 4) is 22.8 Å². The Morgan fingerprint density at radius 2 is 1.79 bits per heavy atom. The van der Waals surface area contributed by atoms with Crippen molar-refractivity contribution < 1.29 is 9.53 Å². The van der Waals surface area contributed by atoms with Gasteiger partial charge in [-0.2, -0.15) is 5.10 Å². The zero-order valence-electron chi connectivity index (χ0n) is 17.7. The lowest BCUT2D eigenvalue weighted by Crippen LogP contribution is -2.20. The Morgan fingerprint density at radius 3 is 2.48 bits per heavy atom. The monoisotopic (exact) mass is 521 g/mol. The van der Waals surface area contributed by atoms with Crippen molar-refractivity contribution in [2.45, 2.75) is 5.16 Å². The molecule has 4 aromatic rings. The van der Waals surface area contributed by atoms with E-state index in [0.717, 1.165) is 27.0 Å². The van der Waals surface area contributed by atoms with Crippen molar-refractivity contribution >= 4 is 39.8 Å². The fourth-order valence-electron chi connectivity index (χ4n) is 2.99. The molecule has 0 saturated heterocycles. The minimum Gasteiger partial charge on any atom is -0.497 e. The number of nitrogens with zero attached hydrogens (tertiary/aromatic N) is 4. The standard InChI is InChI=1S/C24H20BrN5O2S/c1-32-21-13-7-17(8-14-21)15-26-27-22(31)16-33-24-29-28-23(18-9-11-19(25)12-10-18)30(24)20-5-3-2-4-6-20/h2-15H,16H2,1H3,(H,27,31)/b26-15-. The number of carbonyl (C=O) groups is 1. The number of carbonyl (C=O) groups excluding carboxylic acids is 1. The number of thioether (sulfide) groups is 1. The molecule has 3 aromatic carbocycles. The van der Waals surface area contributed by atoms with Crippen LogP contribution in [0.15, 0.2) is 93.6 Å². The summed E-state index contributed by atoms with van der Waals surface area (Å²) in [6.45, 7) is 0. The van der Waals surface area contributed by atoms with Crippen molar-refractivity contribution in [1.29, 1.82) is 0 Å². The average molecular weight is 522 g/mol. The van der Waals surface area contributed by atoms with Gasteiger partial charge >= 0.3 is 0 Å². The molecule has 7 nitrogen and oxygen atoms in total. The van der Waals surface area contributed by atoms with Gasteiger partial charge in [-0.15, -0.1) is 10.2 Å². The molecule has 1 N–H and O–H groups in total. The Balaban J connectivity index is 1.46. The molecule has 0 radical (unpaired) electrons. The number of hydrogen-bond acceptors (Lipinski definition) is 6. The molecule has 1 aromatic heterocycles.